The topological polar surface area (TPSA) is 29.1 Å². The van der Waals surface area contributed by atoms with E-state index in [0.29, 0.717) is 6.42 Å². The molecule has 0 radical (unpaired) electrons. The van der Waals surface area contributed by atoms with Gasteiger partial charge in [0, 0.05) is 13.5 Å². The molecule has 0 rings (SSSR count). The van der Waals surface area contributed by atoms with Crippen LogP contribution in [0.25, 0.3) is 0 Å². The normalized spacial score (nSPS) is 7.60. The molecule has 0 aromatic heterocycles. The molecule has 0 unspecified atom stereocenters. The number of rotatable bonds is 2. The summed E-state index contributed by atoms with van der Waals surface area (Å²) in [6, 6.07) is 0. The van der Waals surface area contributed by atoms with Crippen molar-refractivity contribution in [1.29, 1.82) is 0 Å². The van der Waals surface area contributed by atoms with Gasteiger partial charge in [0.25, 0.3) is 0 Å². The van der Waals surface area contributed by atoms with Gasteiger partial charge in [-0.2, -0.15) is 0 Å². The van der Waals surface area contributed by atoms with Gasteiger partial charge in [-0.05, 0) is 6.42 Å². The van der Waals surface area contributed by atoms with Gasteiger partial charge in [-0.25, -0.2) is 0 Å². The van der Waals surface area contributed by atoms with E-state index in [1.807, 2.05) is 6.92 Å². The van der Waals surface area contributed by atoms with Crippen LogP contribution in [0.2, 0.25) is 0 Å². The predicted molar refractivity (Wildman–Crippen MR) is 44.9 cm³/mol. The van der Waals surface area contributed by atoms with Crippen LogP contribution in [-0.2, 0) is 4.79 Å². The van der Waals surface area contributed by atoms with Crippen LogP contribution in [0.15, 0.2) is 0 Å². The van der Waals surface area contributed by atoms with Crippen molar-refractivity contribution in [2.24, 2.45) is 0 Å². The molecule has 10 heavy (non-hydrogen) atoms. The highest BCUT2D eigenvalue weighted by Gasteiger charge is 1.89. The van der Waals surface area contributed by atoms with E-state index in [1.54, 1.807) is 7.05 Å². The number of hydrogen-bond donors (Lipinski definition) is 1. The summed E-state index contributed by atoms with van der Waals surface area (Å²) in [6.07, 6.45) is 2.83. The number of carbonyl (C=O) groups is 1. The summed E-state index contributed by atoms with van der Waals surface area (Å²) < 4.78 is 0. The Morgan fingerprint density at radius 1 is 1.30 bits per heavy atom. The third-order valence-electron chi connectivity index (χ3n) is 0.756. The first kappa shape index (κ1) is 12.2. The Morgan fingerprint density at radius 3 is 1.80 bits per heavy atom. The molecular weight excluding hydrogens is 126 g/mol. The van der Waals surface area contributed by atoms with Crippen molar-refractivity contribution in [3.8, 4) is 0 Å². The minimum atomic E-state index is 0.127. The zero-order valence-electron chi connectivity index (χ0n) is 7.53. The van der Waals surface area contributed by atoms with Crippen molar-refractivity contribution in [2.75, 3.05) is 7.05 Å². The first-order valence-electron chi connectivity index (χ1n) is 3.93. The molecule has 0 aliphatic carbocycles. The van der Waals surface area contributed by atoms with E-state index in [1.165, 1.54) is 6.42 Å². The molecule has 2 heteroatoms. The number of carbonyl (C=O) groups excluding carboxylic acids is 1. The van der Waals surface area contributed by atoms with Crippen LogP contribution in [0.4, 0.5) is 0 Å². The lowest BCUT2D eigenvalue weighted by atomic mass is 10.3. The van der Waals surface area contributed by atoms with Crippen LogP contribution in [0.3, 0.4) is 0 Å². The van der Waals surface area contributed by atoms with Crippen LogP contribution in [0.1, 0.15) is 40.0 Å². The van der Waals surface area contributed by atoms with Crippen molar-refractivity contribution < 1.29 is 4.79 Å². The lowest BCUT2D eigenvalue weighted by Crippen LogP contribution is -2.16. The van der Waals surface area contributed by atoms with Crippen LogP contribution in [0, 0.1) is 0 Å². The van der Waals surface area contributed by atoms with Crippen molar-refractivity contribution in [3.05, 3.63) is 0 Å². The van der Waals surface area contributed by atoms with E-state index in [-0.39, 0.29) is 5.91 Å². The maximum atomic E-state index is 10.3. The van der Waals surface area contributed by atoms with Gasteiger partial charge in [-0.3, -0.25) is 4.79 Å². The largest absolute Gasteiger partial charge is 0.359 e. The summed E-state index contributed by atoms with van der Waals surface area (Å²) in [5.41, 5.74) is 0. The molecule has 0 atom stereocenters. The second kappa shape index (κ2) is 11.3. The van der Waals surface area contributed by atoms with Crippen molar-refractivity contribution in [3.63, 3.8) is 0 Å². The summed E-state index contributed by atoms with van der Waals surface area (Å²) in [7, 11) is 1.65. The van der Waals surface area contributed by atoms with Gasteiger partial charge >= 0.3 is 0 Å². The molecule has 0 saturated heterocycles. The molecule has 0 saturated carbocycles. The highest BCUT2D eigenvalue weighted by atomic mass is 16.1. The summed E-state index contributed by atoms with van der Waals surface area (Å²) in [5.74, 6) is 0.127. The Morgan fingerprint density at radius 2 is 1.70 bits per heavy atom. The van der Waals surface area contributed by atoms with Crippen molar-refractivity contribution in [1.82, 2.24) is 5.32 Å². The van der Waals surface area contributed by atoms with Crippen LogP contribution >= 0.6 is 0 Å². The van der Waals surface area contributed by atoms with Crippen LogP contribution in [-0.4, -0.2) is 13.0 Å². The first-order chi connectivity index (χ1) is 4.72. The molecule has 0 aliphatic heterocycles. The number of amides is 1. The third kappa shape index (κ3) is 15.6. The fourth-order valence-electron chi connectivity index (χ4n) is 0.352. The molecule has 0 fully saturated rings. The van der Waals surface area contributed by atoms with Crippen LogP contribution in [0.5, 0.6) is 0 Å². The molecule has 2 nitrogen and oxygen atoms in total. The molecule has 62 valence electrons. The smallest absolute Gasteiger partial charge is 0.219 e. The maximum absolute atomic E-state index is 10.3. The van der Waals surface area contributed by atoms with Crippen molar-refractivity contribution in [2.45, 2.75) is 40.0 Å². The molecule has 1 amide bonds. The molecule has 0 aliphatic rings. The minimum absolute atomic E-state index is 0.127. The van der Waals surface area contributed by atoms with Crippen molar-refractivity contribution >= 4 is 5.91 Å². The lowest BCUT2D eigenvalue weighted by molar-refractivity contribution is -0.120. The predicted octanol–water partition coefficient (Wildman–Crippen LogP) is 1.95. The summed E-state index contributed by atoms with van der Waals surface area (Å²) >= 11 is 0. The zero-order valence-corrected chi connectivity index (χ0v) is 7.53. The quantitative estimate of drug-likeness (QED) is 0.632. The molecule has 0 bridgehead atoms. The zero-order chi connectivity index (χ0) is 8.41. The van der Waals surface area contributed by atoms with E-state index in [2.05, 4.69) is 19.2 Å². The van der Waals surface area contributed by atoms with Gasteiger partial charge < -0.3 is 5.32 Å². The van der Waals surface area contributed by atoms with E-state index in [0.717, 1.165) is 6.42 Å². The second-order valence-electron chi connectivity index (χ2n) is 2.13. The second-order valence-corrected chi connectivity index (χ2v) is 2.13. The Hall–Kier alpha value is -0.530. The Labute approximate surface area is 64.0 Å². The third-order valence-corrected chi connectivity index (χ3v) is 0.756. The highest BCUT2D eigenvalue weighted by Crippen LogP contribution is 1.82. The molecule has 0 aromatic carbocycles. The van der Waals surface area contributed by atoms with Gasteiger partial charge in [0.2, 0.25) is 5.91 Å². The monoisotopic (exact) mass is 145 g/mol. The van der Waals surface area contributed by atoms with Gasteiger partial charge in [0.05, 0.1) is 0 Å². The Kier molecular flexibility index (Phi) is 13.7. The van der Waals surface area contributed by atoms with E-state index < -0.39 is 0 Å². The van der Waals surface area contributed by atoms with Gasteiger partial charge in [0.15, 0.2) is 0 Å². The fraction of sp³-hybridized carbons (Fsp3) is 0.875. The molecule has 0 heterocycles. The SMILES string of the molecule is CCC.CCCC(=O)NC. The molecule has 0 spiro atoms. The number of nitrogens with one attached hydrogen (secondary N) is 1. The standard InChI is InChI=1S/C5H11NO.C3H8/c1-3-4-5(7)6-2;1-3-2/h3-4H2,1-2H3,(H,6,7);3H2,1-2H3. The molecule has 1 N–H and O–H groups in total. The van der Waals surface area contributed by atoms with Gasteiger partial charge in [0.1, 0.15) is 0 Å². The van der Waals surface area contributed by atoms with Crippen LogP contribution < -0.4 is 5.32 Å². The summed E-state index contributed by atoms with van der Waals surface area (Å²) in [5, 5.41) is 2.53. The van der Waals surface area contributed by atoms with E-state index in [9.17, 15) is 4.79 Å². The molecular formula is C8H19NO. The first-order valence-corrected chi connectivity index (χ1v) is 3.93. The van der Waals surface area contributed by atoms with Gasteiger partial charge in [-0.1, -0.05) is 27.2 Å². The van der Waals surface area contributed by atoms with E-state index >= 15 is 0 Å². The molecule has 0 aromatic rings. The summed E-state index contributed by atoms with van der Waals surface area (Å²) in [4.78, 5) is 10.3. The van der Waals surface area contributed by atoms with Gasteiger partial charge in [-0.15, -0.1) is 0 Å². The minimum Gasteiger partial charge on any atom is -0.359 e. The Balaban J connectivity index is 0. The Bertz CT molecular complexity index is 71.7. The number of hydrogen-bond acceptors (Lipinski definition) is 1. The van der Waals surface area contributed by atoms with E-state index in [4.69, 9.17) is 0 Å². The fourth-order valence-corrected chi connectivity index (χ4v) is 0.352. The highest BCUT2D eigenvalue weighted by molar-refractivity contribution is 5.75. The summed E-state index contributed by atoms with van der Waals surface area (Å²) in [6.45, 7) is 6.23. The average Bonchev–Trinajstić information content (AvgIpc) is 1.90. The lowest BCUT2D eigenvalue weighted by Gasteiger charge is -1.91. The maximum Gasteiger partial charge on any atom is 0.219 e. The average molecular weight is 145 g/mol.